The van der Waals surface area contributed by atoms with E-state index in [2.05, 4.69) is 29.0 Å². The van der Waals surface area contributed by atoms with Crippen LogP contribution in [0.5, 0.6) is 0 Å². The van der Waals surface area contributed by atoms with Crippen molar-refractivity contribution in [3.8, 4) is 11.6 Å². The Morgan fingerprint density at radius 1 is 1.43 bits per heavy atom. The molecule has 0 bridgehead atoms. The molecule has 0 aromatic carbocycles. The van der Waals surface area contributed by atoms with Crippen LogP contribution < -0.4 is 0 Å². The van der Waals surface area contributed by atoms with E-state index in [1.165, 1.54) is 0 Å². The molecule has 0 radical (unpaired) electrons. The summed E-state index contributed by atoms with van der Waals surface area (Å²) in [5.74, 6) is 3.10. The Balaban J connectivity index is 1.66. The van der Waals surface area contributed by atoms with Crippen LogP contribution in [0.1, 0.15) is 32.6 Å². The van der Waals surface area contributed by atoms with Gasteiger partial charge in [0, 0.05) is 32.5 Å². The first-order valence-electron chi connectivity index (χ1n) is 7.55. The summed E-state index contributed by atoms with van der Waals surface area (Å²) in [4.78, 5) is 8.71. The topological polar surface area (TPSA) is 66.0 Å². The van der Waals surface area contributed by atoms with Crippen molar-refractivity contribution in [1.29, 1.82) is 0 Å². The maximum Gasteiger partial charge on any atom is 0.238 e. The van der Waals surface area contributed by atoms with Crippen molar-refractivity contribution in [2.75, 3.05) is 6.61 Å². The van der Waals surface area contributed by atoms with Gasteiger partial charge in [0.05, 0.1) is 6.10 Å². The number of aromatic nitrogens is 4. The molecule has 6 nitrogen and oxygen atoms in total. The second-order valence-electron chi connectivity index (χ2n) is 6.12. The van der Waals surface area contributed by atoms with Crippen LogP contribution in [-0.2, 0) is 18.2 Å². The smallest absolute Gasteiger partial charge is 0.238 e. The number of hydrogen-bond donors (Lipinski definition) is 0. The number of aryl methyl sites for hydroxylation is 1. The third-order valence-electron chi connectivity index (χ3n) is 4.12. The fourth-order valence-corrected chi connectivity index (χ4v) is 2.81. The van der Waals surface area contributed by atoms with Gasteiger partial charge in [-0.2, -0.15) is 4.98 Å². The Morgan fingerprint density at radius 2 is 2.29 bits per heavy atom. The molecule has 6 heteroatoms. The quantitative estimate of drug-likeness (QED) is 0.865. The van der Waals surface area contributed by atoms with Gasteiger partial charge in [-0.3, -0.25) is 0 Å². The van der Waals surface area contributed by atoms with Gasteiger partial charge < -0.3 is 13.8 Å². The average Bonchev–Trinajstić information content (AvgIpc) is 3.08. The summed E-state index contributed by atoms with van der Waals surface area (Å²) in [6.45, 7) is 5.24. The summed E-state index contributed by atoms with van der Waals surface area (Å²) < 4.78 is 13.1. The predicted molar refractivity (Wildman–Crippen MR) is 77.5 cm³/mol. The first-order valence-corrected chi connectivity index (χ1v) is 7.55. The molecule has 0 aliphatic carbocycles. The monoisotopic (exact) mass is 290 g/mol. The van der Waals surface area contributed by atoms with Crippen molar-refractivity contribution in [1.82, 2.24) is 19.7 Å². The lowest BCUT2D eigenvalue weighted by Crippen LogP contribution is -2.30. The van der Waals surface area contributed by atoms with Crippen LogP contribution in [0.25, 0.3) is 11.6 Å². The van der Waals surface area contributed by atoms with Gasteiger partial charge in [0.15, 0.2) is 5.82 Å². The van der Waals surface area contributed by atoms with Gasteiger partial charge in [0.1, 0.15) is 0 Å². The molecule has 0 N–H and O–H groups in total. The lowest BCUT2D eigenvalue weighted by molar-refractivity contribution is -0.0349. The molecule has 2 aromatic rings. The van der Waals surface area contributed by atoms with Gasteiger partial charge >= 0.3 is 0 Å². The van der Waals surface area contributed by atoms with E-state index >= 15 is 0 Å². The van der Waals surface area contributed by atoms with Crippen molar-refractivity contribution < 1.29 is 9.26 Å². The Labute approximate surface area is 124 Å². The maximum atomic E-state index is 5.81. The fourth-order valence-electron chi connectivity index (χ4n) is 2.81. The van der Waals surface area contributed by atoms with Crippen LogP contribution >= 0.6 is 0 Å². The summed E-state index contributed by atoms with van der Waals surface area (Å²) in [5.41, 5.74) is 0. The molecular weight excluding hydrogens is 268 g/mol. The third-order valence-corrected chi connectivity index (χ3v) is 4.12. The number of rotatable bonds is 4. The molecule has 3 heterocycles. The number of hydrogen-bond acceptors (Lipinski definition) is 5. The summed E-state index contributed by atoms with van der Waals surface area (Å²) in [5, 5.41) is 4.04. The van der Waals surface area contributed by atoms with E-state index in [0.29, 0.717) is 29.7 Å². The minimum atomic E-state index is 0.348. The molecule has 1 fully saturated rings. The zero-order valence-corrected chi connectivity index (χ0v) is 12.8. The lowest BCUT2D eigenvalue weighted by Gasteiger charge is -2.31. The van der Waals surface area contributed by atoms with Crippen LogP contribution in [0.4, 0.5) is 0 Å². The molecule has 2 atom stereocenters. The predicted octanol–water partition coefficient (Wildman–Crippen LogP) is 2.46. The van der Waals surface area contributed by atoms with Crippen molar-refractivity contribution in [3.05, 3.63) is 18.3 Å². The second kappa shape index (κ2) is 5.97. The summed E-state index contributed by atoms with van der Waals surface area (Å²) in [6, 6.07) is 0. The van der Waals surface area contributed by atoms with Crippen molar-refractivity contribution in [2.45, 2.75) is 39.2 Å². The summed E-state index contributed by atoms with van der Waals surface area (Å²) in [7, 11) is 1.92. The van der Waals surface area contributed by atoms with Crippen LogP contribution in [-0.4, -0.2) is 32.4 Å². The maximum absolute atomic E-state index is 5.81. The Kier molecular flexibility index (Phi) is 4.05. The van der Waals surface area contributed by atoms with Gasteiger partial charge in [-0.25, -0.2) is 4.98 Å². The van der Waals surface area contributed by atoms with Crippen LogP contribution in [0.15, 0.2) is 16.9 Å². The fraction of sp³-hybridized carbons (Fsp3) is 0.667. The molecule has 0 amide bonds. The highest BCUT2D eigenvalue weighted by molar-refractivity contribution is 5.42. The van der Waals surface area contributed by atoms with E-state index in [0.717, 1.165) is 31.7 Å². The molecule has 3 rings (SSSR count). The normalized spacial score (nSPS) is 22.9. The van der Waals surface area contributed by atoms with Gasteiger partial charge in [-0.15, -0.1) is 0 Å². The lowest BCUT2D eigenvalue weighted by atomic mass is 9.88. The van der Waals surface area contributed by atoms with Gasteiger partial charge in [-0.05, 0) is 24.7 Å². The molecule has 114 valence electrons. The minimum Gasteiger partial charge on any atom is -0.378 e. The first kappa shape index (κ1) is 14.3. The van der Waals surface area contributed by atoms with Crippen molar-refractivity contribution in [2.24, 2.45) is 18.9 Å². The van der Waals surface area contributed by atoms with Crippen LogP contribution in [0, 0.1) is 11.8 Å². The zero-order valence-electron chi connectivity index (χ0n) is 12.8. The number of imidazole rings is 1. The highest BCUT2D eigenvalue weighted by Gasteiger charge is 2.26. The summed E-state index contributed by atoms with van der Waals surface area (Å²) in [6.07, 6.45) is 6.90. The molecule has 2 aromatic heterocycles. The van der Waals surface area contributed by atoms with Crippen LogP contribution in [0.3, 0.4) is 0 Å². The average molecular weight is 290 g/mol. The first-order chi connectivity index (χ1) is 10.1. The zero-order chi connectivity index (χ0) is 14.8. The molecule has 21 heavy (non-hydrogen) atoms. The van der Waals surface area contributed by atoms with Crippen LogP contribution in [0.2, 0.25) is 0 Å². The Morgan fingerprint density at radius 3 is 3.00 bits per heavy atom. The van der Waals surface area contributed by atoms with E-state index < -0.39 is 0 Å². The van der Waals surface area contributed by atoms with Crippen molar-refractivity contribution >= 4 is 0 Å². The molecule has 0 spiro atoms. The van der Waals surface area contributed by atoms with Gasteiger partial charge in [0.2, 0.25) is 11.7 Å². The van der Waals surface area contributed by atoms with Gasteiger partial charge in [0.25, 0.3) is 0 Å². The molecule has 0 unspecified atom stereocenters. The Bertz CT molecular complexity index is 590. The Hall–Kier alpha value is -1.69. The second-order valence-corrected chi connectivity index (χ2v) is 6.12. The van der Waals surface area contributed by atoms with E-state index in [-0.39, 0.29) is 0 Å². The minimum absolute atomic E-state index is 0.348. The highest BCUT2D eigenvalue weighted by Crippen LogP contribution is 2.27. The third kappa shape index (κ3) is 3.15. The van der Waals surface area contributed by atoms with E-state index in [1.807, 2.05) is 17.8 Å². The van der Waals surface area contributed by atoms with Gasteiger partial charge in [-0.1, -0.05) is 19.0 Å². The van der Waals surface area contributed by atoms with Crippen molar-refractivity contribution in [3.63, 3.8) is 0 Å². The molecule has 1 aliphatic rings. The highest BCUT2D eigenvalue weighted by atomic mass is 16.5. The van der Waals surface area contributed by atoms with E-state index in [1.54, 1.807) is 6.20 Å². The van der Waals surface area contributed by atoms with E-state index in [9.17, 15) is 0 Å². The largest absolute Gasteiger partial charge is 0.378 e. The summed E-state index contributed by atoms with van der Waals surface area (Å²) >= 11 is 0. The number of ether oxygens (including phenoxy) is 1. The van der Waals surface area contributed by atoms with E-state index in [4.69, 9.17) is 9.26 Å². The number of nitrogens with zero attached hydrogens (tertiary/aromatic N) is 4. The molecule has 0 saturated carbocycles. The molecule has 1 aliphatic heterocycles. The molecular formula is C15H22N4O2. The SMILES string of the molecule is CC(C)[C@@H]1C[C@H](Cc2nc(-c3nccn3C)no2)CCO1. The molecule has 1 saturated heterocycles. The standard InChI is InChI=1S/C15H22N4O2/c1-10(2)12-8-11(4-7-20-12)9-13-17-14(18-21-13)15-16-5-6-19(15)3/h5-6,10-12H,4,7-9H2,1-3H3/t11-,12+/m1/s1.